The molecular formula is C27H32N4O6S2. The van der Waals surface area contributed by atoms with Crippen LogP contribution >= 0.6 is 11.3 Å². The van der Waals surface area contributed by atoms with Crippen LogP contribution in [-0.2, 0) is 27.8 Å². The Morgan fingerprint density at radius 2 is 1.95 bits per heavy atom. The zero-order valence-electron chi connectivity index (χ0n) is 22.0. The summed E-state index contributed by atoms with van der Waals surface area (Å²) in [6.45, 7) is 5.46. The number of benzene rings is 2. The molecule has 0 unspecified atom stereocenters. The third-order valence-electron chi connectivity index (χ3n) is 5.96. The number of rotatable bonds is 12. The van der Waals surface area contributed by atoms with Crippen molar-refractivity contribution in [2.24, 2.45) is 5.92 Å². The summed E-state index contributed by atoms with van der Waals surface area (Å²) in [5.74, 6) is 0.416. The zero-order valence-corrected chi connectivity index (χ0v) is 23.6. The number of thiazole rings is 1. The molecule has 208 valence electrons. The highest BCUT2D eigenvalue weighted by Gasteiger charge is 2.32. The Morgan fingerprint density at radius 1 is 1.18 bits per heavy atom. The number of alkyl carbamates (subject to hydrolysis) is 1. The Hall–Kier alpha value is -3.32. The maximum atomic E-state index is 13.7. The van der Waals surface area contributed by atoms with Crippen molar-refractivity contribution in [3.05, 3.63) is 76.6 Å². The van der Waals surface area contributed by atoms with Gasteiger partial charge in [0.05, 0.1) is 27.4 Å². The molecule has 0 bridgehead atoms. The summed E-state index contributed by atoms with van der Waals surface area (Å²) in [4.78, 5) is 21.6. The fourth-order valence-electron chi connectivity index (χ4n) is 4.14. The van der Waals surface area contributed by atoms with E-state index >= 15 is 0 Å². The summed E-state index contributed by atoms with van der Waals surface area (Å²) >= 11 is 1.36. The topological polar surface area (TPSA) is 135 Å². The molecule has 1 amide bonds. The molecule has 0 saturated heterocycles. The van der Waals surface area contributed by atoms with E-state index in [2.05, 4.69) is 15.3 Å². The predicted molar refractivity (Wildman–Crippen MR) is 148 cm³/mol. The molecule has 0 aliphatic rings. The second kappa shape index (κ2) is 12.7. The fraction of sp³-hybridized carbons (Fsp3) is 0.370. The van der Waals surface area contributed by atoms with Crippen LogP contribution in [0.1, 0.15) is 30.2 Å². The molecule has 0 aliphatic heterocycles. The second-order valence-corrected chi connectivity index (χ2v) is 12.5. The van der Waals surface area contributed by atoms with Crippen LogP contribution in [0.15, 0.2) is 69.6 Å². The average Bonchev–Trinajstić information content (AvgIpc) is 3.55. The van der Waals surface area contributed by atoms with Crippen LogP contribution in [0.4, 0.5) is 4.79 Å². The van der Waals surface area contributed by atoms with Crippen LogP contribution in [0.3, 0.4) is 0 Å². The SMILES string of the molecule is Cc1nc2ccc(S(=O)(=O)N(CC(C)C)C[C@@H](O)[C@H](Cc3ccccc3)NC(=O)OCc3cncs3)cc2o1. The number of ether oxygens (including phenoxy) is 1. The minimum atomic E-state index is -4.01. The molecule has 2 atom stereocenters. The van der Waals surface area contributed by atoms with Crippen molar-refractivity contribution in [3.8, 4) is 0 Å². The molecule has 12 heteroatoms. The van der Waals surface area contributed by atoms with Crippen LogP contribution in [0, 0.1) is 12.8 Å². The maximum absolute atomic E-state index is 13.7. The minimum absolute atomic E-state index is 0.0202. The number of sulfonamides is 1. The van der Waals surface area contributed by atoms with Gasteiger partial charge in [0.15, 0.2) is 11.5 Å². The molecule has 0 saturated carbocycles. The Balaban J connectivity index is 1.55. The number of nitrogens with one attached hydrogen (secondary N) is 1. The summed E-state index contributed by atoms with van der Waals surface area (Å²) in [6.07, 6.45) is -0.0598. The Morgan fingerprint density at radius 3 is 2.64 bits per heavy atom. The molecule has 10 nitrogen and oxygen atoms in total. The molecule has 2 aromatic heterocycles. The number of amides is 1. The van der Waals surface area contributed by atoms with E-state index in [1.807, 2.05) is 44.2 Å². The Bertz CT molecular complexity index is 1470. The quantitative estimate of drug-likeness (QED) is 0.259. The molecular weight excluding hydrogens is 540 g/mol. The molecule has 0 radical (unpaired) electrons. The first-order valence-electron chi connectivity index (χ1n) is 12.5. The van der Waals surface area contributed by atoms with Crippen molar-refractivity contribution in [2.75, 3.05) is 13.1 Å². The first-order chi connectivity index (χ1) is 18.6. The van der Waals surface area contributed by atoms with Crippen LogP contribution in [-0.4, -0.2) is 59.1 Å². The van der Waals surface area contributed by atoms with Crippen LogP contribution in [0.25, 0.3) is 11.1 Å². The Kier molecular flexibility index (Phi) is 9.33. The van der Waals surface area contributed by atoms with Crippen molar-refractivity contribution in [1.82, 2.24) is 19.6 Å². The van der Waals surface area contributed by atoms with Crippen molar-refractivity contribution in [1.29, 1.82) is 0 Å². The van der Waals surface area contributed by atoms with Crippen molar-refractivity contribution >= 4 is 38.6 Å². The number of carbonyl (C=O) groups is 1. The lowest BCUT2D eigenvalue weighted by molar-refractivity contribution is 0.0876. The number of aliphatic hydroxyl groups is 1. The van der Waals surface area contributed by atoms with Gasteiger partial charge < -0.3 is 19.6 Å². The van der Waals surface area contributed by atoms with Gasteiger partial charge in [-0.1, -0.05) is 44.2 Å². The lowest BCUT2D eigenvalue weighted by atomic mass is 10.0. The van der Waals surface area contributed by atoms with Gasteiger partial charge in [0.2, 0.25) is 10.0 Å². The first-order valence-corrected chi connectivity index (χ1v) is 14.8. The third kappa shape index (κ3) is 7.63. The van der Waals surface area contributed by atoms with E-state index < -0.39 is 28.3 Å². The lowest BCUT2D eigenvalue weighted by Gasteiger charge is -2.30. The number of aromatic nitrogens is 2. The molecule has 39 heavy (non-hydrogen) atoms. The highest BCUT2D eigenvalue weighted by atomic mass is 32.2. The van der Waals surface area contributed by atoms with Gasteiger partial charge in [-0.15, -0.1) is 11.3 Å². The van der Waals surface area contributed by atoms with Crippen molar-refractivity contribution in [3.63, 3.8) is 0 Å². The molecule has 4 aromatic rings. The van der Waals surface area contributed by atoms with Crippen LogP contribution in [0.2, 0.25) is 0 Å². The normalized spacial score (nSPS) is 13.6. The van der Waals surface area contributed by atoms with Gasteiger partial charge in [-0.25, -0.2) is 18.2 Å². The van der Waals surface area contributed by atoms with Gasteiger partial charge in [0.1, 0.15) is 12.1 Å². The number of hydrogen-bond donors (Lipinski definition) is 2. The largest absolute Gasteiger partial charge is 0.444 e. The fourth-order valence-corrected chi connectivity index (χ4v) is 6.28. The number of aryl methyl sites for hydroxylation is 1. The van der Waals surface area contributed by atoms with Gasteiger partial charge in [-0.3, -0.25) is 4.98 Å². The van der Waals surface area contributed by atoms with Crippen molar-refractivity contribution < 1.29 is 27.5 Å². The summed E-state index contributed by atoms with van der Waals surface area (Å²) in [7, 11) is -4.01. The summed E-state index contributed by atoms with van der Waals surface area (Å²) in [5, 5.41) is 14.1. The number of hydrogen-bond acceptors (Lipinski definition) is 9. The number of carbonyl (C=O) groups excluding carboxylic acids is 1. The van der Waals surface area contributed by atoms with Crippen molar-refractivity contribution in [2.45, 2.75) is 50.8 Å². The monoisotopic (exact) mass is 572 g/mol. The van der Waals surface area contributed by atoms with Gasteiger partial charge in [0.25, 0.3) is 0 Å². The number of fused-ring (bicyclic) bond motifs is 1. The molecule has 0 spiro atoms. The van der Waals surface area contributed by atoms with E-state index in [1.165, 1.54) is 27.8 Å². The number of nitrogens with zero attached hydrogens (tertiary/aromatic N) is 3. The van der Waals surface area contributed by atoms with Crippen LogP contribution < -0.4 is 5.32 Å². The van der Waals surface area contributed by atoms with E-state index in [9.17, 15) is 18.3 Å². The molecule has 2 aromatic carbocycles. The van der Waals surface area contributed by atoms with Gasteiger partial charge in [-0.2, -0.15) is 4.31 Å². The first kappa shape index (κ1) is 28.7. The van der Waals surface area contributed by atoms with E-state index in [0.29, 0.717) is 17.0 Å². The van der Waals surface area contributed by atoms with Gasteiger partial charge >= 0.3 is 6.09 Å². The van der Waals surface area contributed by atoms with E-state index in [1.54, 1.807) is 24.7 Å². The maximum Gasteiger partial charge on any atom is 0.407 e. The smallest absolute Gasteiger partial charge is 0.407 e. The highest BCUT2D eigenvalue weighted by Crippen LogP contribution is 2.24. The van der Waals surface area contributed by atoms with E-state index in [4.69, 9.17) is 9.15 Å². The summed E-state index contributed by atoms with van der Waals surface area (Å²) < 4.78 is 39.5. The molecule has 0 fully saturated rings. The van der Waals surface area contributed by atoms with Crippen LogP contribution in [0.5, 0.6) is 0 Å². The standard InChI is InChI=1S/C27H32N4O6S2/c1-18(2)14-31(39(34,35)22-9-10-23-26(12-22)37-19(3)29-23)15-25(32)24(11-20-7-5-4-6-8-20)30-27(33)36-16-21-13-28-17-38-21/h4-10,12-13,17-18,24-25,32H,11,14-16H2,1-3H3,(H,30,33)/t24-,25+/m0/s1. The Labute approximate surface area is 231 Å². The average molecular weight is 573 g/mol. The summed E-state index contributed by atoms with van der Waals surface area (Å²) in [5.41, 5.74) is 3.44. The highest BCUT2D eigenvalue weighted by molar-refractivity contribution is 7.89. The second-order valence-electron chi connectivity index (χ2n) is 9.63. The zero-order chi connectivity index (χ0) is 28.0. The predicted octanol–water partition coefficient (Wildman–Crippen LogP) is 4.14. The molecule has 0 aliphatic carbocycles. The number of aliphatic hydroxyl groups excluding tert-OH is 1. The van der Waals surface area contributed by atoms with E-state index in [0.717, 1.165) is 10.4 Å². The molecule has 4 rings (SSSR count). The number of oxazole rings is 1. The minimum Gasteiger partial charge on any atom is -0.444 e. The summed E-state index contributed by atoms with van der Waals surface area (Å²) in [6, 6.07) is 13.1. The molecule has 2 heterocycles. The third-order valence-corrected chi connectivity index (χ3v) is 8.54. The van der Waals surface area contributed by atoms with Gasteiger partial charge in [-0.05, 0) is 30.0 Å². The van der Waals surface area contributed by atoms with E-state index in [-0.39, 0.29) is 36.9 Å². The van der Waals surface area contributed by atoms with Gasteiger partial charge in [0, 0.05) is 32.3 Å². The molecule has 2 N–H and O–H groups in total. The lowest BCUT2D eigenvalue weighted by Crippen LogP contribution is -2.51.